The summed E-state index contributed by atoms with van der Waals surface area (Å²) in [7, 11) is -4.77. The van der Waals surface area contributed by atoms with Gasteiger partial charge < -0.3 is 30.6 Å². The second-order valence-corrected chi connectivity index (χ2v) is 7.76. The first-order valence-electron chi connectivity index (χ1n) is 8.93. The molecule has 164 valence electrons. The van der Waals surface area contributed by atoms with Crippen molar-refractivity contribution in [3.8, 4) is 0 Å². The van der Waals surface area contributed by atoms with E-state index in [1.807, 2.05) is 0 Å². The Morgan fingerprint density at radius 1 is 1.03 bits per heavy atom. The maximum absolute atomic E-state index is 11.2. The molecule has 0 spiro atoms. The quantitative estimate of drug-likeness (QED) is 0.107. The molecule has 0 bridgehead atoms. The molecule has 3 N–H and O–H groups in total. The van der Waals surface area contributed by atoms with Crippen LogP contribution < -0.4 is 75.1 Å². The standard InChI is InChI=1S/C11H20O2.C6H11NO7S.2Na/c1-2-3-4-5-6-7-8-9-10-11(12)13;1-2-14-15(12,13)6(7,5(10)11)3-4(8)9;;/h9-10H,2-8H2,1H3,(H,12,13);2-3,7H2,1H3,(H,8,9)(H,10,11);;/q;;2*+1/p-2. The number of allylic oxidation sites excluding steroid dienone is 1. The molecular formula is C17H29NNa2O9S. The summed E-state index contributed by atoms with van der Waals surface area (Å²) < 4.78 is 26.4. The van der Waals surface area contributed by atoms with Crippen molar-refractivity contribution in [3.05, 3.63) is 12.2 Å². The van der Waals surface area contributed by atoms with Crippen molar-refractivity contribution in [2.45, 2.75) is 70.1 Å². The van der Waals surface area contributed by atoms with Crippen LogP contribution in [0.15, 0.2) is 12.2 Å². The Hall–Kier alpha value is 0.0200. The number of carbonyl (C=O) groups excluding carboxylic acids is 2. The molecule has 0 radical (unpaired) electrons. The zero-order valence-electron chi connectivity index (χ0n) is 18.2. The van der Waals surface area contributed by atoms with E-state index in [1.54, 1.807) is 6.08 Å². The topological polar surface area (TPSA) is 187 Å². The third kappa shape index (κ3) is 17.7. The van der Waals surface area contributed by atoms with E-state index in [1.165, 1.54) is 45.1 Å². The Morgan fingerprint density at radius 2 is 1.53 bits per heavy atom. The number of carboxylic acid groups (broad SMARTS) is 3. The second kappa shape index (κ2) is 20.9. The van der Waals surface area contributed by atoms with Gasteiger partial charge in [0.15, 0.2) is 4.87 Å². The van der Waals surface area contributed by atoms with Crippen molar-refractivity contribution < 1.29 is 101 Å². The van der Waals surface area contributed by atoms with Crippen molar-refractivity contribution >= 4 is 28.0 Å². The van der Waals surface area contributed by atoms with Gasteiger partial charge in [-0.15, -0.1) is 0 Å². The van der Waals surface area contributed by atoms with Crippen LogP contribution in [0, 0.1) is 0 Å². The Labute approximate surface area is 222 Å². The van der Waals surface area contributed by atoms with Crippen LogP contribution in [0.25, 0.3) is 0 Å². The number of rotatable bonds is 14. The summed E-state index contributed by atoms with van der Waals surface area (Å²) in [4.78, 5) is 27.6. The molecule has 30 heavy (non-hydrogen) atoms. The minimum atomic E-state index is -4.77. The van der Waals surface area contributed by atoms with Gasteiger partial charge in [-0.3, -0.25) is 4.18 Å². The number of unbranched alkanes of at least 4 members (excludes halogenated alkanes) is 6. The molecule has 0 amide bonds. The molecule has 0 rings (SSSR count). The van der Waals surface area contributed by atoms with E-state index in [-0.39, 0.29) is 65.7 Å². The third-order valence-corrected chi connectivity index (χ3v) is 5.21. The van der Waals surface area contributed by atoms with Crippen molar-refractivity contribution in [2.24, 2.45) is 5.73 Å². The Kier molecular flexibility index (Phi) is 26.0. The summed E-state index contributed by atoms with van der Waals surface area (Å²) in [5.41, 5.74) is 4.91. The molecule has 0 heterocycles. The van der Waals surface area contributed by atoms with Gasteiger partial charge in [0.1, 0.15) is 0 Å². The second-order valence-electron chi connectivity index (χ2n) is 5.88. The molecule has 10 nitrogen and oxygen atoms in total. The van der Waals surface area contributed by atoms with Gasteiger partial charge in [0.2, 0.25) is 0 Å². The normalized spacial score (nSPS) is 12.5. The van der Waals surface area contributed by atoms with Gasteiger partial charge in [-0.1, -0.05) is 45.1 Å². The molecule has 0 saturated heterocycles. The molecule has 1 atom stereocenters. The summed E-state index contributed by atoms with van der Waals surface area (Å²) in [6.45, 7) is 3.10. The average Bonchev–Trinajstić information content (AvgIpc) is 2.56. The molecule has 0 saturated carbocycles. The molecule has 0 fully saturated rings. The van der Waals surface area contributed by atoms with Gasteiger partial charge >= 0.3 is 65.1 Å². The van der Waals surface area contributed by atoms with E-state index in [2.05, 4.69) is 11.1 Å². The maximum atomic E-state index is 11.2. The smallest absolute Gasteiger partial charge is 0.550 e. The minimum absolute atomic E-state index is 0. The zero-order chi connectivity index (χ0) is 22.2. The van der Waals surface area contributed by atoms with Crippen LogP contribution >= 0.6 is 0 Å². The minimum Gasteiger partial charge on any atom is -0.550 e. The molecule has 1 unspecified atom stereocenters. The number of hydrogen-bond acceptors (Lipinski definition) is 9. The predicted molar refractivity (Wildman–Crippen MR) is 96.9 cm³/mol. The number of nitrogens with two attached hydrogens (primary N) is 1. The van der Waals surface area contributed by atoms with Crippen LogP contribution in [0.4, 0.5) is 0 Å². The number of aliphatic carboxylic acids is 3. The van der Waals surface area contributed by atoms with E-state index in [9.17, 15) is 33.0 Å². The van der Waals surface area contributed by atoms with Crippen LogP contribution in [0.1, 0.15) is 65.2 Å². The Balaban J connectivity index is -0.000000213. The van der Waals surface area contributed by atoms with E-state index >= 15 is 0 Å². The monoisotopic (exact) mass is 469 g/mol. The van der Waals surface area contributed by atoms with E-state index in [0.29, 0.717) is 0 Å². The first-order chi connectivity index (χ1) is 12.9. The van der Waals surface area contributed by atoms with Crippen LogP contribution in [-0.2, 0) is 28.7 Å². The third-order valence-electron chi connectivity index (χ3n) is 3.46. The van der Waals surface area contributed by atoms with Gasteiger partial charge in [-0.05, 0) is 19.8 Å². The number of carbonyl (C=O) groups is 3. The largest absolute Gasteiger partial charge is 1.00 e. The van der Waals surface area contributed by atoms with E-state index in [0.717, 1.165) is 12.8 Å². The molecule has 0 aromatic heterocycles. The van der Waals surface area contributed by atoms with Crippen LogP contribution in [0.5, 0.6) is 0 Å². The van der Waals surface area contributed by atoms with Crippen molar-refractivity contribution in [3.63, 3.8) is 0 Å². The summed E-state index contributed by atoms with van der Waals surface area (Å²) in [6, 6.07) is 0. The fraction of sp³-hybridized carbons (Fsp3) is 0.706. The summed E-state index contributed by atoms with van der Waals surface area (Å²) in [5, 5.41) is 29.0. The predicted octanol–water partition coefficient (Wildman–Crippen LogP) is -6.72. The molecular weight excluding hydrogens is 440 g/mol. The van der Waals surface area contributed by atoms with Crippen molar-refractivity contribution in [2.75, 3.05) is 6.61 Å². The van der Waals surface area contributed by atoms with Gasteiger partial charge in [0, 0.05) is 18.5 Å². The zero-order valence-corrected chi connectivity index (χ0v) is 23.0. The van der Waals surface area contributed by atoms with Crippen LogP contribution in [0.3, 0.4) is 0 Å². The molecule has 0 aromatic rings. The van der Waals surface area contributed by atoms with Crippen molar-refractivity contribution in [1.29, 1.82) is 0 Å². The molecule has 0 aliphatic rings. The first-order valence-corrected chi connectivity index (χ1v) is 10.3. The molecule has 0 aliphatic carbocycles. The van der Waals surface area contributed by atoms with E-state index in [4.69, 9.17) is 10.8 Å². The molecule has 0 aromatic carbocycles. The maximum Gasteiger partial charge on any atom is 1.00 e. The average molecular weight is 469 g/mol. The fourth-order valence-electron chi connectivity index (χ4n) is 1.96. The SMILES string of the molecule is CCCCCCCCC=CC(=O)O.CCOS(=O)(=O)C(N)(CC(=O)[O-])C(=O)[O-].[Na+].[Na+]. The number of hydrogen-bond donors (Lipinski definition) is 2. The molecule has 13 heteroatoms. The Morgan fingerprint density at radius 3 is 1.93 bits per heavy atom. The van der Waals surface area contributed by atoms with Gasteiger partial charge in [-0.2, -0.15) is 8.42 Å². The van der Waals surface area contributed by atoms with E-state index < -0.39 is 39.3 Å². The van der Waals surface area contributed by atoms with Gasteiger partial charge in [-0.25, -0.2) is 4.79 Å². The van der Waals surface area contributed by atoms with Crippen LogP contribution in [0.2, 0.25) is 0 Å². The van der Waals surface area contributed by atoms with Gasteiger partial charge in [0.05, 0.1) is 12.6 Å². The van der Waals surface area contributed by atoms with Gasteiger partial charge in [0.25, 0.3) is 10.1 Å². The number of carboxylic acids is 3. The molecule has 0 aliphatic heterocycles. The van der Waals surface area contributed by atoms with Crippen molar-refractivity contribution in [1.82, 2.24) is 0 Å². The summed E-state index contributed by atoms with van der Waals surface area (Å²) in [6.07, 6.45) is 9.97. The Bertz CT molecular complexity index is 627. The fourth-order valence-corrected chi connectivity index (χ4v) is 2.98. The summed E-state index contributed by atoms with van der Waals surface area (Å²) >= 11 is 0. The van der Waals surface area contributed by atoms with Crippen LogP contribution in [-0.4, -0.2) is 42.9 Å². The summed E-state index contributed by atoms with van der Waals surface area (Å²) in [5.74, 6) is -5.05. The first kappa shape index (κ1) is 37.3.